The zero-order chi connectivity index (χ0) is 11.8. The average Bonchev–Trinajstić information content (AvgIpc) is 2.31. The lowest BCUT2D eigenvalue weighted by atomic mass is 10.1. The van der Waals surface area contributed by atoms with Gasteiger partial charge in [-0.15, -0.1) is 0 Å². The summed E-state index contributed by atoms with van der Waals surface area (Å²) in [5.41, 5.74) is 6.72. The van der Waals surface area contributed by atoms with Crippen LogP contribution in [-0.4, -0.2) is 20.3 Å². The minimum atomic E-state index is 0.635. The van der Waals surface area contributed by atoms with Crippen molar-refractivity contribution in [2.45, 2.75) is 26.2 Å². The third-order valence-electron chi connectivity index (χ3n) is 2.44. The highest BCUT2D eigenvalue weighted by atomic mass is 16.5. The van der Waals surface area contributed by atoms with Gasteiger partial charge in [-0.25, -0.2) is 0 Å². The predicted octanol–water partition coefficient (Wildman–Crippen LogP) is 2.38. The fraction of sp³-hybridized carbons (Fsp3) is 0.538. The van der Waals surface area contributed by atoms with E-state index in [1.807, 2.05) is 18.2 Å². The SMILES string of the molecule is CCCCOc1cc(OC)ccc1CCN. The number of hydrogen-bond donors (Lipinski definition) is 1. The number of rotatable bonds is 7. The van der Waals surface area contributed by atoms with Gasteiger partial charge in [0.1, 0.15) is 11.5 Å². The Morgan fingerprint density at radius 3 is 2.75 bits per heavy atom. The van der Waals surface area contributed by atoms with Crippen LogP contribution in [0.4, 0.5) is 0 Å². The fourth-order valence-corrected chi connectivity index (χ4v) is 1.48. The highest BCUT2D eigenvalue weighted by Crippen LogP contribution is 2.25. The molecule has 3 nitrogen and oxygen atoms in total. The lowest BCUT2D eigenvalue weighted by molar-refractivity contribution is 0.304. The van der Waals surface area contributed by atoms with Gasteiger partial charge >= 0.3 is 0 Å². The molecule has 0 heterocycles. The number of unbranched alkanes of at least 4 members (excludes halogenated alkanes) is 1. The number of methoxy groups -OCH3 is 1. The van der Waals surface area contributed by atoms with E-state index in [0.29, 0.717) is 6.54 Å². The van der Waals surface area contributed by atoms with E-state index in [-0.39, 0.29) is 0 Å². The molecule has 0 aliphatic rings. The summed E-state index contributed by atoms with van der Waals surface area (Å²) in [4.78, 5) is 0. The summed E-state index contributed by atoms with van der Waals surface area (Å²) in [6, 6.07) is 5.89. The maximum Gasteiger partial charge on any atom is 0.126 e. The summed E-state index contributed by atoms with van der Waals surface area (Å²) in [5, 5.41) is 0. The minimum Gasteiger partial charge on any atom is -0.497 e. The van der Waals surface area contributed by atoms with Gasteiger partial charge in [-0.1, -0.05) is 19.4 Å². The van der Waals surface area contributed by atoms with Crippen LogP contribution in [0.5, 0.6) is 11.5 Å². The van der Waals surface area contributed by atoms with E-state index < -0.39 is 0 Å². The molecule has 2 N–H and O–H groups in total. The minimum absolute atomic E-state index is 0.635. The van der Waals surface area contributed by atoms with E-state index in [2.05, 4.69) is 6.92 Å². The lowest BCUT2D eigenvalue weighted by Crippen LogP contribution is -2.06. The first kappa shape index (κ1) is 12.8. The first-order valence-corrected chi connectivity index (χ1v) is 5.81. The van der Waals surface area contributed by atoms with Gasteiger partial charge in [0.15, 0.2) is 0 Å². The van der Waals surface area contributed by atoms with E-state index in [0.717, 1.165) is 42.9 Å². The molecule has 1 rings (SSSR count). The predicted molar refractivity (Wildman–Crippen MR) is 66.2 cm³/mol. The van der Waals surface area contributed by atoms with Crippen molar-refractivity contribution in [2.24, 2.45) is 5.73 Å². The lowest BCUT2D eigenvalue weighted by Gasteiger charge is -2.12. The van der Waals surface area contributed by atoms with Gasteiger partial charge in [0.25, 0.3) is 0 Å². The summed E-state index contributed by atoms with van der Waals surface area (Å²) in [5.74, 6) is 1.73. The second-order valence-electron chi connectivity index (χ2n) is 3.71. The molecule has 90 valence electrons. The third-order valence-corrected chi connectivity index (χ3v) is 2.44. The molecule has 0 aliphatic carbocycles. The van der Waals surface area contributed by atoms with Crippen LogP contribution >= 0.6 is 0 Å². The van der Waals surface area contributed by atoms with E-state index in [9.17, 15) is 0 Å². The molecule has 0 radical (unpaired) electrons. The van der Waals surface area contributed by atoms with Gasteiger partial charge in [0.2, 0.25) is 0 Å². The highest BCUT2D eigenvalue weighted by molar-refractivity contribution is 5.40. The van der Waals surface area contributed by atoms with Crippen LogP contribution in [0.1, 0.15) is 25.3 Å². The van der Waals surface area contributed by atoms with Gasteiger partial charge in [0.05, 0.1) is 13.7 Å². The number of nitrogens with two attached hydrogens (primary N) is 1. The van der Waals surface area contributed by atoms with Crippen molar-refractivity contribution in [3.05, 3.63) is 23.8 Å². The van der Waals surface area contributed by atoms with E-state index in [4.69, 9.17) is 15.2 Å². The molecule has 1 aromatic carbocycles. The highest BCUT2D eigenvalue weighted by Gasteiger charge is 2.05. The maximum atomic E-state index is 5.74. The summed E-state index contributed by atoms with van der Waals surface area (Å²) < 4.78 is 10.9. The second-order valence-corrected chi connectivity index (χ2v) is 3.71. The monoisotopic (exact) mass is 223 g/mol. The van der Waals surface area contributed by atoms with Crippen LogP contribution in [0.15, 0.2) is 18.2 Å². The molecule has 0 atom stereocenters. The molecule has 0 saturated carbocycles. The van der Waals surface area contributed by atoms with E-state index >= 15 is 0 Å². The van der Waals surface area contributed by atoms with Crippen molar-refractivity contribution < 1.29 is 9.47 Å². The number of ether oxygens (including phenoxy) is 2. The zero-order valence-electron chi connectivity index (χ0n) is 10.2. The molecule has 0 spiro atoms. The molecule has 0 aromatic heterocycles. The first-order chi connectivity index (χ1) is 7.81. The van der Waals surface area contributed by atoms with Crippen LogP contribution in [0.2, 0.25) is 0 Å². The molecule has 0 saturated heterocycles. The largest absolute Gasteiger partial charge is 0.497 e. The van der Waals surface area contributed by atoms with Crippen LogP contribution in [0, 0.1) is 0 Å². The number of hydrogen-bond acceptors (Lipinski definition) is 3. The Balaban J connectivity index is 2.74. The van der Waals surface area contributed by atoms with E-state index in [1.165, 1.54) is 0 Å². The molecular formula is C13H21NO2. The quantitative estimate of drug-likeness (QED) is 0.722. The van der Waals surface area contributed by atoms with Gasteiger partial charge in [-0.2, -0.15) is 0 Å². The Kier molecular flexibility index (Phi) is 5.72. The van der Waals surface area contributed by atoms with Crippen molar-refractivity contribution in [3.8, 4) is 11.5 Å². The third kappa shape index (κ3) is 3.74. The topological polar surface area (TPSA) is 44.5 Å². The van der Waals surface area contributed by atoms with Gasteiger partial charge in [-0.3, -0.25) is 0 Å². The standard InChI is InChI=1S/C13H21NO2/c1-3-4-9-16-13-10-12(15-2)6-5-11(13)7-8-14/h5-6,10H,3-4,7-9,14H2,1-2H3. The Morgan fingerprint density at radius 2 is 2.12 bits per heavy atom. The molecule has 3 heteroatoms. The first-order valence-electron chi connectivity index (χ1n) is 5.81. The molecule has 16 heavy (non-hydrogen) atoms. The van der Waals surface area contributed by atoms with Gasteiger partial charge < -0.3 is 15.2 Å². The van der Waals surface area contributed by atoms with Crippen LogP contribution in [0.25, 0.3) is 0 Å². The fourth-order valence-electron chi connectivity index (χ4n) is 1.48. The van der Waals surface area contributed by atoms with Crippen molar-refractivity contribution in [3.63, 3.8) is 0 Å². The Morgan fingerprint density at radius 1 is 1.31 bits per heavy atom. The Bertz CT molecular complexity index is 313. The normalized spacial score (nSPS) is 10.2. The van der Waals surface area contributed by atoms with E-state index in [1.54, 1.807) is 7.11 Å². The molecule has 0 fully saturated rings. The van der Waals surface area contributed by atoms with Crippen LogP contribution in [0.3, 0.4) is 0 Å². The Labute approximate surface area is 97.6 Å². The van der Waals surface area contributed by atoms with Crippen molar-refractivity contribution >= 4 is 0 Å². The van der Waals surface area contributed by atoms with Gasteiger partial charge in [0, 0.05) is 6.07 Å². The van der Waals surface area contributed by atoms with Gasteiger partial charge in [-0.05, 0) is 31.0 Å². The van der Waals surface area contributed by atoms with Crippen molar-refractivity contribution in [2.75, 3.05) is 20.3 Å². The molecule has 1 aromatic rings. The molecule has 0 bridgehead atoms. The second kappa shape index (κ2) is 7.12. The Hall–Kier alpha value is -1.22. The zero-order valence-corrected chi connectivity index (χ0v) is 10.2. The number of benzene rings is 1. The average molecular weight is 223 g/mol. The van der Waals surface area contributed by atoms with Crippen molar-refractivity contribution in [1.82, 2.24) is 0 Å². The molecule has 0 aliphatic heterocycles. The smallest absolute Gasteiger partial charge is 0.126 e. The molecular weight excluding hydrogens is 202 g/mol. The summed E-state index contributed by atoms with van der Waals surface area (Å²) in [6.45, 7) is 3.54. The van der Waals surface area contributed by atoms with Crippen LogP contribution < -0.4 is 15.2 Å². The van der Waals surface area contributed by atoms with Crippen LogP contribution in [-0.2, 0) is 6.42 Å². The van der Waals surface area contributed by atoms with Crippen molar-refractivity contribution in [1.29, 1.82) is 0 Å². The molecule has 0 amide bonds. The molecule has 0 unspecified atom stereocenters. The maximum absolute atomic E-state index is 5.74. The summed E-state index contributed by atoms with van der Waals surface area (Å²) in [6.07, 6.45) is 3.04. The summed E-state index contributed by atoms with van der Waals surface area (Å²) in [7, 11) is 1.66. The summed E-state index contributed by atoms with van der Waals surface area (Å²) >= 11 is 0.